The first-order chi connectivity index (χ1) is 14.0. The highest BCUT2D eigenvalue weighted by Crippen LogP contribution is 2.49. The molecular weight excluding hydrogens is 366 g/mol. The zero-order valence-corrected chi connectivity index (χ0v) is 17.9. The Kier molecular flexibility index (Phi) is 6.00. The predicted octanol–water partition coefficient (Wildman–Crippen LogP) is 3.05. The van der Waals surface area contributed by atoms with Crippen LogP contribution in [0.5, 0.6) is 0 Å². The average Bonchev–Trinajstić information content (AvgIpc) is 2.86. The molecule has 0 aromatic rings. The molecule has 2 unspecified atom stereocenters. The monoisotopic (exact) mass is 401 g/mol. The first-order valence-corrected chi connectivity index (χ1v) is 11.3. The van der Waals surface area contributed by atoms with Crippen LogP contribution in [-0.2, 0) is 9.53 Å². The Labute approximate surface area is 174 Å². The number of fused-ring (bicyclic) bond motifs is 2. The number of carbonyl (C=O) groups excluding carboxylic acids is 2. The molecule has 3 aliphatic heterocycles. The summed E-state index contributed by atoms with van der Waals surface area (Å²) >= 11 is 0. The van der Waals surface area contributed by atoms with Crippen LogP contribution in [0.25, 0.3) is 0 Å². The molecule has 3 heterocycles. The number of hydrogen-bond donors (Lipinski definition) is 0. The zero-order chi connectivity index (χ0) is 20.4. The Morgan fingerprint density at radius 1 is 1.10 bits per heavy atom. The van der Waals surface area contributed by atoms with Crippen LogP contribution < -0.4 is 0 Å². The second-order valence-electron chi connectivity index (χ2n) is 9.11. The summed E-state index contributed by atoms with van der Waals surface area (Å²) in [6, 6.07) is 0.764. The minimum atomic E-state index is -0.168. The van der Waals surface area contributed by atoms with E-state index < -0.39 is 0 Å². The van der Waals surface area contributed by atoms with Crippen LogP contribution in [0.1, 0.15) is 45.4 Å². The molecule has 4 aliphatic rings. The molecule has 2 amide bonds. The maximum absolute atomic E-state index is 12.6. The van der Waals surface area contributed by atoms with E-state index in [9.17, 15) is 9.59 Å². The summed E-state index contributed by atoms with van der Waals surface area (Å²) in [4.78, 5) is 31.0. The lowest BCUT2D eigenvalue weighted by Gasteiger charge is -2.50. The molecule has 1 spiro atoms. The van der Waals surface area contributed by atoms with Gasteiger partial charge in [-0.2, -0.15) is 0 Å². The molecule has 4 rings (SSSR count). The molecule has 29 heavy (non-hydrogen) atoms. The van der Waals surface area contributed by atoms with Crippen molar-refractivity contribution in [2.75, 3.05) is 39.8 Å². The quantitative estimate of drug-likeness (QED) is 0.714. The smallest absolute Gasteiger partial charge is 0.409 e. The molecule has 0 aromatic heterocycles. The van der Waals surface area contributed by atoms with Gasteiger partial charge in [0.05, 0.1) is 12.6 Å². The molecule has 3 fully saturated rings. The number of likely N-dealkylation sites (N-methyl/N-ethyl adjacent to an activating group) is 1. The first kappa shape index (κ1) is 20.5. The highest BCUT2D eigenvalue weighted by Gasteiger charge is 2.48. The van der Waals surface area contributed by atoms with Crippen LogP contribution in [0.15, 0.2) is 24.3 Å². The van der Waals surface area contributed by atoms with Gasteiger partial charge >= 0.3 is 6.09 Å². The maximum atomic E-state index is 12.6. The molecule has 0 aromatic carbocycles. The molecule has 0 saturated carbocycles. The second-order valence-corrected chi connectivity index (χ2v) is 9.11. The Morgan fingerprint density at radius 2 is 1.79 bits per heavy atom. The Bertz CT molecular complexity index is 673. The van der Waals surface area contributed by atoms with E-state index in [1.165, 1.54) is 0 Å². The molecule has 2 atom stereocenters. The van der Waals surface area contributed by atoms with E-state index in [1.54, 1.807) is 0 Å². The number of amides is 2. The average molecular weight is 402 g/mol. The number of hydrogen-bond acceptors (Lipinski definition) is 4. The zero-order valence-electron chi connectivity index (χ0n) is 17.9. The van der Waals surface area contributed by atoms with Gasteiger partial charge in [-0.3, -0.25) is 4.79 Å². The standard InChI is InChI=1S/C23H35N3O3/c1-3-29-22(28)26-14-9-18(10-15-26)25-16-12-23(13-17-25)11-8-21(27)24(2)20-7-5-4-6-19(20)23/h4-7,18-20H,3,8-17H2,1-2H3. The number of piperidine rings is 2. The third-order valence-electron chi connectivity index (χ3n) is 7.79. The highest BCUT2D eigenvalue weighted by atomic mass is 16.6. The van der Waals surface area contributed by atoms with Crippen LogP contribution in [-0.4, -0.2) is 78.6 Å². The van der Waals surface area contributed by atoms with Crippen molar-refractivity contribution in [3.8, 4) is 0 Å². The molecule has 160 valence electrons. The van der Waals surface area contributed by atoms with Crippen LogP contribution in [0.2, 0.25) is 0 Å². The topological polar surface area (TPSA) is 53.1 Å². The lowest BCUT2D eigenvalue weighted by atomic mass is 9.63. The second kappa shape index (κ2) is 8.50. The van der Waals surface area contributed by atoms with Gasteiger partial charge in [-0.15, -0.1) is 0 Å². The number of rotatable bonds is 2. The van der Waals surface area contributed by atoms with Crippen molar-refractivity contribution in [1.82, 2.24) is 14.7 Å². The van der Waals surface area contributed by atoms with Gasteiger partial charge < -0.3 is 19.4 Å². The summed E-state index contributed by atoms with van der Waals surface area (Å²) in [6.45, 7) is 6.09. The number of carbonyl (C=O) groups is 2. The van der Waals surface area contributed by atoms with Crippen molar-refractivity contribution in [2.45, 2.75) is 57.5 Å². The van der Waals surface area contributed by atoms with Crippen LogP contribution in [0.3, 0.4) is 0 Å². The van der Waals surface area contributed by atoms with Gasteiger partial charge in [0.2, 0.25) is 5.91 Å². The number of likely N-dealkylation sites (tertiary alicyclic amines) is 3. The SMILES string of the molecule is CCOC(=O)N1CCC(N2CCC3(CCC(=O)N(C)C4C=CC=CC43)CC2)CC1. The van der Waals surface area contributed by atoms with Gasteiger partial charge in [-0.25, -0.2) is 4.79 Å². The van der Waals surface area contributed by atoms with Gasteiger partial charge in [0, 0.05) is 38.5 Å². The van der Waals surface area contributed by atoms with E-state index in [2.05, 4.69) is 29.2 Å². The Morgan fingerprint density at radius 3 is 2.48 bits per heavy atom. The highest BCUT2D eigenvalue weighted by molar-refractivity contribution is 5.77. The predicted molar refractivity (Wildman–Crippen MR) is 112 cm³/mol. The van der Waals surface area contributed by atoms with Crippen LogP contribution in [0.4, 0.5) is 4.79 Å². The molecule has 0 N–H and O–H groups in total. The summed E-state index contributed by atoms with van der Waals surface area (Å²) in [6.07, 6.45) is 14.7. The van der Waals surface area contributed by atoms with Crippen molar-refractivity contribution in [3.63, 3.8) is 0 Å². The van der Waals surface area contributed by atoms with Crippen LogP contribution >= 0.6 is 0 Å². The Hall–Kier alpha value is -1.82. The summed E-state index contributed by atoms with van der Waals surface area (Å²) < 4.78 is 5.15. The Balaban J connectivity index is 1.37. The molecule has 1 aliphatic carbocycles. The lowest BCUT2D eigenvalue weighted by Crippen LogP contribution is -2.53. The van der Waals surface area contributed by atoms with E-state index >= 15 is 0 Å². The largest absolute Gasteiger partial charge is 0.450 e. The van der Waals surface area contributed by atoms with Gasteiger partial charge in [0.15, 0.2) is 0 Å². The normalized spacial score (nSPS) is 30.3. The van der Waals surface area contributed by atoms with E-state index in [4.69, 9.17) is 4.74 Å². The molecule has 0 radical (unpaired) electrons. The summed E-state index contributed by atoms with van der Waals surface area (Å²) in [5, 5.41) is 0. The number of nitrogens with zero attached hydrogens (tertiary/aromatic N) is 3. The fourth-order valence-corrected chi connectivity index (χ4v) is 5.94. The minimum absolute atomic E-state index is 0.168. The fraction of sp³-hybridized carbons (Fsp3) is 0.739. The van der Waals surface area contributed by atoms with Crippen molar-refractivity contribution >= 4 is 12.0 Å². The molecule has 0 bridgehead atoms. The third-order valence-corrected chi connectivity index (χ3v) is 7.79. The van der Waals surface area contributed by atoms with Crippen molar-refractivity contribution < 1.29 is 14.3 Å². The molecule has 3 saturated heterocycles. The van der Waals surface area contributed by atoms with E-state index in [0.29, 0.717) is 25.0 Å². The third kappa shape index (κ3) is 3.96. The van der Waals surface area contributed by atoms with Crippen LogP contribution in [0, 0.1) is 11.3 Å². The summed E-state index contributed by atoms with van der Waals surface area (Å²) in [5.41, 5.74) is 0.231. The minimum Gasteiger partial charge on any atom is -0.450 e. The van der Waals surface area contributed by atoms with Gasteiger partial charge in [0.1, 0.15) is 0 Å². The summed E-state index contributed by atoms with van der Waals surface area (Å²) in [7, 11) is 1.97. The fourth-order valence-electron chi connectivity index (χ4n) is 5.94. The number of allylic oxidation sites excluding steroid dienone is 2. The maximum Gasteiger partial charge on any atom is 0.409 e. The van der Waals surface area contributed by atoms with Crippen molar-refractivity contribution in [1.29, 1.82) is 0 Å². The molecule has 6 heteroatoms. The van der Waals surface area contributed by atoms with Crippen molar-refractivity contribution in [3.05, 3.63) is 24.3 Å². The van der Waals surface area contributed by atoms with Gasteiger partial charge in [0.25, 0.3) is 0 Å². The van der Waals surface area contributed by atoms with E-state index in [1.807, 2.05) is 23.8 Å². The summed E-state index contributed by atoms with van der Waals surface area (Å²) in [5.74, 6) is 0.711. The van der Waals surface area contributed by atoms with Crippen molar-refractivity contribution in [2.24, 2.45) is 11.3 Å². The van der Waals surface area contributed by atoms with E-state index in [-0.39, 0.29) is 23.5 Å². The van der Waals surface area contributed by atoms with Gasteiger partial charge in [-0.05, 0) is 57.5 Å². The van der Waals surface area contributed by atoms with E-state index in [0.717, 1.165) is 58.3 Å². The number of ether oxygens (including phenoxy) is 1. The first-order valence-electron chi connectivity index (χ1n) is 11.3. The lowest BCUT2D eigenvalue weighted by molar-refractivity contribution is -0.130. The molecule has 6 nitrogen and oxygen atoms in total. The van der Waals surface area contributed by atoms with Gasteiger partial charge in [-0.1, -0.05) is 24.3 Å². The molecular formula is C23H35N3O3.